The molecule has 0 N–H and O–H groups in total. The van der Waals surface area contributed by atoms with Crippen LogP contribution in [0.4, 0.5) is 0 Å². The van der Waals surface area contributed by atoms with Crippen molar-refractivity contribution in [3.8, 4) is 6.07 Å². The molecule has 0 aliphatic heterocycles. The fourth-order valence-electron chi connectivity index (χ4n) is 1.58. The number of nitriles is 1. The first-order valence-electron chi connectivity index (χ1n) is 4.33. The summed E-state index contributed by atoms with van der Waals surface area (Å²) < 4.78 is 0. The van der Waals surface area contributed by atoms with E-state index in [1.807, 2.05) is 36.4 Å². The highest BCUT2D eigenvalue weighted by Gasteiger charge is 2.03. The van der Waals surface area contributed by atoms with Crippen molar-refractivity contribution in [2.24, 2.45) is 0 Å². The number of benzene rings is 2. The lowest BCUT2D eigenvalue weighted by atomic mass is 10.0. The Balaban J connectivity index is 2.87. The Bertz CT molecular complexity index is 511. The number of nitrogens with zero attached hydrogens (tertiary/aromatic N) is 1. The Hall–Kier alpha value is -1.52. The van der Waals surface area contributed by atoms with Crippen LogP contribution >= 0.6 is 11.6 Å². The summed E-state index contributed by atoms with van der Waals surface area (Å²) in [5, 5.41) is 11.0. The van der Waals surface area contributed by atoms with Crippen LogP contribution in [0.5, 0.6) is 0 Å². The third kappa shape index (κ3) is 1.34. The van der Waals surface area contributed by atoms with Crippen molar-refractivity contribution in [2.45, 2.75) is 5.88 Å². The normalized spacial score (nSPS) is 10.0. The summed E-state index contributed by atoms with van der Waals surface area (Å²) in [6.45, 7) is 0. The summed E-state index contributed by atoms with van der Waals surface area (Å²) in [7, 11) is 0. The van der Waals surface area contributed by atoms with Crippen molar-refractivity contribution in [3.05, 3.63) is 47.5 Å². The van der Waals surface area contributed by atoms with E-state index >= 15 is 0 Å². The Labute approximate surface area is 87.5 Å². The second kappa shape index (κ2) is 3.69. The van der Waals surface area contributed by atoms with E-state index in [0.29, 0.717) is 11.4 Å². The molecule has 0 spiro atoms. The molecule has 0 bridgehead atoms. The van der Waals surface area contributed by atoms with Crippen molar-refractivity contribution >= 4 is 22.4 Å². The van der Waals surface area contributed by atoms with Crippen LogP contribution in [-0.4, -0.2) is 0 Å². The van der Waals surface area contributed by atoms with Crippen molar-refractivity contribution in [3.63, 3.8) is 0 Å². The quantitative estimate of drug-likeness (QED) is 0.649. The predicted octanol–water partition coefficient (Wildman–Crippen LogP) is 3.45. The fourth-order valence-corrected chi connectivity index (χ4v) is 1.81. The van der Waals surface area contributed by atoms with Crippen LogP contribution in [0.25, 0.3) is 10.8 Å². The van der Waals surface area contributed by atoms with Gasteiger partial charge < -0.3 is 0 Å². The highest BCUT2D eigenvalue weighted by Crippen LogP contribution is 2.23. The third-order valence-electron chi connectivity index (χ3n) is 2.28. The van der Waals surface area contributed by atoms with Crippen LogP contribution in [-0.2, 0) is 5.88 Å². The van der Waals surface area contributed by atoms with Crippen LogP contribution in [0.2, 0.25) is 0 Å². The van der Waals surface area contributed by atoms with Gasteiger partial charge in [0.15, 0.2) is 0 Å². The minimum atomic E-state index is 0.478. The highest BCUT2D eigenvalue weighted by molar-refractivity contribution is 6.18. The largest absolute Gasteiger partial charge is 0.192 e. The Morgan fingerprint density at radius 1 is 1.07 bits per heavy atom. The Morgan fingerprint density at radius 2 is 1.79 bits per heavy atom. The summed E-state index contributed by atoms with van der Waals surface area (Å²) >= 11 is 5.82. The molecule has 0 radical (unpaired) electrons. The fraction of sp³-hybridized carbons (Fsp3) is 0.0833. The van der Waals surface area contributed by atoms with Crippen molar-refractivity contribution in [1.82, 2.24) is 0 Å². The molecule has 1 nitrogen and oxygen atoms in total. The van der Waals surface area contributed by atoms with Crippen molar-refractivity contribution < 1.29 is 0 Å². The molecule has 68 valence electrons. The molecule has 2 aromatic carbocycles. The van der Waals surface area contributed by atoms with E-state index in [1.165, 1.54) is 0 Å². The van der Waals surface area contributed by atoms with Gasteiger partial charge in [0, 0.05) is 5.88 Å². The summed E-state index contributed by atoms with van der Waals surface area (Å²) in [4.78, 5) is 0. The van der Waals surface area contributed by atoms with Gasteiger partial charge in [-0.3, -0.25) is 0 Å². The molecular formula is C12H8ClN. The SMILES string of the molecule is N#Cc1ccc(CCl)c2ccccc12. The zero-order valence-corrected chi connectivity index (χ0v) is 8.25. The average Bonchev–Trinajstić information content (AvgIpc) is 2.27. The molecule has 0 fully saturated rings. The van der Waals surface area contributed by atoms with Crippen LogP contribution in [0, 0.1) is 11.3 Å². The van der Waals surface area contributed by atoms with E-state index in [0.717, 1.165) is 16.3 Å². The first-order valence-corrected chi connectivity index (χ1v) is 4.87. The molecule has 0 aromatic heterocycles. The molecule has 0 aliphatic carbocycles. The lowest BCUT2D eigenvalue weighted by Gasteiger charge is -2.04. The number of alkyl halides is 1. The lowest BCUT2D eigenvalue weighted by Crippen LogP contribution is -1.85. The van der Waals surface area contributed by atoms with Gasteiger partial charge in [-0.25, -0.2) is 0 Å². The van der Waals surface area contributed by atoms with Crippen LogP contribution in [0.3, 0.4) is 0 Å². The molecule has 0 saturated carbocycles. The van der Waals surface area contributed by atoms with Gasteiger partial charge in [0.05, 0.1) is 11.6 Å². The standard InChI is InChI=1S/C12H8ClN/c13-7-9-5-6-10(8-14)12-4-2-1-3-11(9)12/h1-6H,7H2. The second-order valence-corrected chi connectivity index (χ2v) is 3.33. The first kappa shape index (κ1) is 9.05. The first-order chi connectivity index (χ1) is 6.86. The molecular weight excluding hydrogens is 194 g/mol. The Kier molecular flexibility index (Phi) is 2.39. The van der Waals surface area contributed by atoms with E-state index in [9.17, 15) is 0 Å². The molecule has 0 saturated heterocycles. The second-order valence-electron chi connectivity index (χ2n) is 3.06. The van der Waals surface area contributed by atoms with Gasteiger partial charge in [-0.05, 0) is 22.4 Å². The zero-order chi connectivity index (χ0) is 9.97. The maximum atomic E-state index is 8.92. The molecule has 0 heterocycles. The molecule has 14 heavy (non-hydrogen) atoms. The van der Waals surface area contributed by atoms with Crippen molar-refractivity contribution in [1.29, 1.82) is 5.26 Å². The molecule has 0 atom stereocenters. The number of hydrogen-bond acceptors (Lipinski definition) is 1. The third-order valence-corrected chi connectivity index (χ3v) is 2.57. The van der Waals surface area contributed by atoms with Gasteiger partial charge in [-0.2, -0.15) is 5.26 Å². The minimum Gasteiger partial charge on any atom is -0.192 e. The smallest absolute Gasteiger partial charge is 0.0998 e. The van der Waals surface area contributed by atoms with Gasteiger partial charge in [-0.1, -0.05) is 30.3 Å². The molecule has 2 aromatic rings. The predicted molar refractivity (Wildman–Crippen MR) is 58.2 cm³/mol. The summed E-state index contributed by atoms with van der Waals surface area (Å²) in [5.41, 5.74) is 1.77. The molecule has 0 aliphatic rings. The number of hydrogen-bond donors (Lipinski definition) is 0. The Morgan fingerprint density at radius 3 is 2.43 bits per heavy atom. The van der Waals surface area contributed by atoms with Crippen molar-refractivity contribution in [2.75, 3.05) is 0 Å². The number of fused-ring (bicyclic) bond motifs is 1. The molecule has 0 unspecified atom stereocenters. The van der Waals surface area contributed by atoms with E-state index in [4.69, 9.17) is 16.9 Å². The van der Waals surface area contributed by atoms with Gasteiger partial charge in [0.25, 0.3) is 0 Å². The number of halogens is 1. The molecule has 2 rings (SSSR count). The van der Waals surface area contributed by atoms with E-state index < -0.39 is 0 Å². The summed E-state index contributed by atoms with van der Waals surface area (Å²) in [6.07, 6.45) is 0. The summed E-state index contributed by atoms with van der Waals surface area (Å²) in [5.74, 6) is 0.478. The van der Waals surface area contributed by atoms with Gasteiger partial charge in [0.2, 0.25) is 0 Å². The van der Waals surface area contributed by atoms with E-state index in [1.54, 1.807) is 0 Å². The van der Waals surface area contributed by atoms with E-state index in [-0.39, 0.29) is 0 Å². The molecule has 0 amide bonds. The van der Waals surface area contributed by atoms with Crippen LogP contribution < -0.4 is 0 Å². The van der Waals surface area contributed by atoms with Gasteiger partial charge in [0.1, 0.15) is 0 Å². The maximum absolute atomic E-state index is 8.92. The lowest BCUT2D eigenvalue weighted by molar-refractivity contribution is 1.43. The molecule has 2 heteroatoms. The zero-order valence-electron chi connectivity index (χ0n) is 7.50. The highest BCUT2D eigenvalue weighted by atomic mass is 35.5. The minimum absolute atomic E-state index is 0.478. The van der Waals surface area contributed by atoms with Crippen LogP contribution in [0.15, 0.2) is 36.4 Å². The average molecular weight is 202 g/mol. The maximum Gasteiger partial charge on any atom is 0.0998 e. The summed E-state index contributed by atoms with van der Waals surface area (Å²) in [6, 6.07) is 13.7. The van der Waals surface area contributed by atoms with E-state index in [2.05, 4.69) is 6.07 Å². The number of rotatable bonds is 1. The topological polar surface area (TPSA) is 23.8 Å². The van der Waals surface area contributed by atoms with Gasteiger partial charge >= 0.3 is 0 Å². The van der Waals surface area contributed by atoms with Crippen LogP contribution in [0.1, 0.15) is 11.1 Å². The monoisotopic (exact) mass is 201 g/mol. The van der Waals surface area contributed by atoms with Gasteiger partial charge in [-0.15, -0.1) is 11.6 Å².